The molecule has 0 saturated carbocycles. The molecule has 10 heteroatoms. The third-order valence-corrected chi connectivity index (χ3v) is 11.5. The zero-order valence-electron chi connectivity index (χ0n) is 31.1. The van der Waals surface area contributed by atoms with Crippen LogP contribution in [0.15, 0.2) is 0 Å². The van der Waals surface area contributed by atoms with Crippen LogP contribution >= 0.6 is 0 Å². The van der Waals surface area contributed by atoms with Crippen molar-refractivity contribution >= 4 is 8.80 Å². The highest BCUT2D eigenvalue weighted by molar-refractivity contribution is 6.60. The van der Waals surface area contributed by atoms with Crippen molar-refractivity contribution in [3.8, 4) is 0 Å². The van der Waals surface area contributed by atoms with E-state index in [4.69, 9.17) is 32.6 Å². The fourth-order valence-electron chi connectivity index (χ4n) is 5.77. The van der Waals surface area contributed by atoms with E-state index in [0.29, 0.717) is 39.6 Å². The minimum absolute atomic E-state index is 0.0166. The summed E-state index contributed by atoms with van der Waals surface area (Å²) >= 11 is 0. The van der Waals surface area contributed by atoms with Crippen molar-refractivity contribution in [3.63, 3.8) is 0 Å². The van der Waals surface area contributed by atoms with Crippen molar-refractivity contribution in [2.45, 2.75) is 142 Å². The third kappa shape index (κ3) is 28.8. The lowest BCUT2D eigenvalue weighted by Crippen LogP contribution is -2.48. The van der Waals surface area contributed by atoms with Gasteiger partial charge >= 0.3 is 8.80 Å². The molecule has 0 aromatic rings. The molecular weight excluding hydrogens is 602 g/mol. The van der Waals surface area contributed by atoms with Crippen LogP contribution in [0.2, 0.25) is 6.04 Å². The van der Waals surface area contributed by atoms with Crippen molar-refractivity contribution in [1.29, 1.82) is 0 Å². The molecule has 0 heterocycles. The molecule has 1 atom stereocenters. The highest BCUT2D eigenvalue weighted by Gasteiger charge is 2.40. The van der Waals surface area contributed by atoms with Gasteiger partial charge in [-0.25, -0.2) is 0 Å². The maximum Gasteiger partial charge on any atom is 0.501 e. The molecule has 0 aliphatic heterocycles. The fraction of sp³-hybridized carbons (Fsp3) is 1.00. The number of hydrogen-bond donors (Lipinski definition) is 2. The van der Waals surface area contributed by atoms with Crippen LogP contribution in [0.25, 0.3) is 0 Å². The summed E-state index contributed by atoms with van der Waals surface area (Å²) in [6.45, 7) is 11.5. The Morgan fingerprint density at radius 2 is 1.04 bits per heavy atom. The van der Waals surface area contributed by atoms with E-state index in [0.717, 1.165) is 23.5 Å². The first-order valence-corrected chi connectivity index (χ1v) is 21.0. The van der Waals surface area contributed by atoms with Gasteiger partial charge < -0.3 is 42.2 Å². The molecule has 278 valence electrons. The smallest absolute Gasteiger partial charge is 0.394 e. The lowest BCUT2D eigenvalue weighted by Gasteiger charge is -2.33. The lowest BCUT2D eigenvalue weighted by atomic mass is 10.0. The summed E-state index contributed by atoms with van der Waals surface area (Å²) in [5.41, 5.74) is 0. The van der Waals surface area contributed by atoms with Crippen LogP contribution in [-0.4, -0.2) is 123 Å². The first-order chi connectivity index (χ1) is 22.4. The van der Waals surface area contributed by atoms with Gasteiger partial charge in [0, 0.05) is 25.7 Å². The predicted octanol–water partition coefficient (Wildman–Crippen LogP) is 7.15. The Morgan fingerprint density at radius 1 is 0.543 bits per heavy atom. The van der Waals surface area contributed by atoms with Crippen LogP contribution in [0.4, 0.5) is 0 Å². The van der Waals surface area contributed by atoms with E-state index >= 15 is 0 Å². The van der Waals surface area contributed by atoms with Crippen molar-refractivity contribution in [3.05, 3.63) is 0 Å². The summed E-state index contributed by atoms with van der Waals surface area (Å²) in [4.78, 5) is 0. The minimum Gasteiger partial charge on any atom is -0.394 e. The molecule has 0 amide bonds. The average molecular weight is 681 g/mol. The number of aliphatic hydroxyl groups excluding tert-OH is 2. The monoisotopic (exact) mass is 681 g/mol. The van der Waals surface area contributed by atoms with Gasteiger partial charge in [-0.1, -0.05) is 96.8 Å². The quantitative estimate of drug-likeness (QED) is 0.0404. The van der Waals surface area contributed by atoms with Crippen LogP contribution in [0.1, 0.15) is 130 Å². The van der Waals surface area contributed by atoms with E-state index in [1.807, 2.05) is 13.8 Å². The van der Waals surface area contributed by atoms with Gasteiger partial charge in [0.15, 0.2) is 0 Å². The Morgan fingerprint density at radius 3 is 1.54 bits per heavy atom. The zero-order valence-corrected chi connectivity index (χ0v) is 32.1. The molecule has 0 saturated heterocycles. The second-order valence-corrected chi connectivity index (χ2v) is 16.0. The van der Waals surface area contributed by atoms with Crippen molar-refractivity contribution in [2.24, 2.45) is 0 Å². The van der Waals surface area contributed by atoms with Gasteiger partial charge in [-0.15, -0.1) is 0 Å². The Bertz CT molecular complexity index is 611. The number of hydrogen-bond acceptors (Lipinski definition) is 8. The first-order valence-electron chi connectivity index (χ1n) is 19.1. The maximum atomic E-state index is 9.53. The molecule has 0 aromatic carbocycles. The molecule has 9 nitrogen and oxygen atoms in total. The molecule has 0 aliphatic rings. The van der Waals surface area contributed by atoms with Gasteiger partial charge in [0.2, 0.25) is 0 Å². The van der Waals surface area contributed by atoms with E-state index in [1.54, 1.807) is 0 Å². The number of quaternary nitrogens is 1. The van der Waals surface area contributed by atoms with Gasteiger partial charge in [-0.3, -0.25) is 0 Å². The van der Waals surface area contributed by atoms with E-state index < -0.39 is 14.9 Å². The average Bonchev–Trinajstić information content (AvgIpc) is 3.03. The van der Waals surface area contributed by atoms with Crippen molar-refractivity contribution < 1.29 is 42.2 Å². The topological polar surface area (TPSA) is 95.8 Å². The first kappa shape index (κ1) is 45.9. The molecule has 2 N–H and O–H groups in total. The maximum absolute atomic E-state index is 9.53. The summed E-state index contributed by atoms with van der Waals surface area (Å²) in [6.07, 6.45) is 23.0. The van der Waals surface area contributed by atoms with Crippen LogP contribution < -0.4 is 0 Å². The Labute approximate surface area is 286 Å². The molecule has 0 aromatic heterocycles. The Balaban J connectivity index is 4.10. The minimum atomic E-state index is -2.80. The van der Waals surface area contributed by atoms with Gasteiger partial charge in [0.25, 0.3) is 0 Å². The van der Waals surface area contributed by atoms with Gasteiger partial charge in [0.05, 0.1) is 80.0 Å². The van der Waals surface area contributed by atoms with E-state index in [9.17, 15) is 5.11 Å². The molecule has 0 bridgehead atoms. The number of rotatable bonds is 38. The normalized spacial score (nSPS) is 13.1. The second kappa shape index (κ2) is 33.4. The summed E-state index contributed by atoms with van der Waals surface area (Å²) in [6, 6.07) is 0.797. The molecular formula is C36H78NO8Si+. The van der Waals surface area contributed by atoms with Crippen LogP contribution in [0.5, 0.6) is 0 Å². The Hall–Kier alpha value is -0.143. The predicted molar refractivity (Wildman–Crippen MR) is 191 cm³/mol. The van der Waals surface area contributed by atoms with Crippen LogP contribution in [0, 0.1) is 0 Å². The van der Waals surface area contributed by atoms with Crippen molar-refractivity contribution in [1.82, 2.24) is 0 Å². The molecule has 0 spiro atoms. The zero-order chi connectivity index (χ0) is 34.0. The molecule has 0 fully saturated rings. The third-order valence-electron chi connectivity index (χ3n) is 8.47. The summed E-state index contributed by atoms with van der Waals surface area (Å²) in [5.74, 6) is 0. The fourth-order valence-corrected chi connectivity index (χ4v) is 8.32. The van der Waals surface area contributed by atoms with E-state index in [1.165, 1.54) is 109 Å². The molecule has 46 heavy (non-hydrogen) atoms. The van der Waals surface area contributed by atoms with Gasteiger partial charge in [-0.2, -0.15) is 0 Å². The number of unbranched alkanes of at least 4 members (excludes halogenated alkanes) is 15. The molecule has 0 aliphatic carbocycles. The summed E-state index contributed by atoms with van der Waals surface area (Å²) < 4.78 is 36.0. The lowest BCUT2D eigenvalue weighted by molar-refractivity contribution is -0.890. The van der Waals surface area contributed by atoms with Crippen LogP contribution in [-0.2, 0) is 27.5 Å². The number of nitrogens with zero attached hydrogens (tertiary/aromatic N) is 1. The summed E-state index contributed by atoms with van der Waals surface area (Å²) in [5, 5.41) is 18.3. The van der Waals surface area contributed by atoms with E-state index in [-0.39, 0.29) is 26.4 Å². The van der Waals surface area contributed by atoms with Gasteiger partial charge in [0.1, 0.15) is 6.10 Å². The van der Waals surface area contributed by atoms with E-state index in [2.05, 4.69) is 21.0 Å². The largest absolute Gasteiger partial charge is 0.501 e. The van der Waals surface area contributed by atoms with Crippen molar-refractivity contribution in [2.75, 3.05) is 93.3 Å². The van der Waals surface area contributed by atoms with Gasteiger partial charge in [-0.05, 0) is 26.7 Å². The summed E-state index contributed by atoms with van der Waals surface area (Å²) in [7, 11) is 1.87. The van der Waals surface area contributed by atoms with Crippen LogP contribution in [0.3, 0.4) is 0 Å². The molecule has 0 radical (unpaired) electrons. The highest BCUT2D eigenvalue weighted by atomic mass is 28.4. The standard InChI is InChI=1S/C36H78NO8Si/c1-6-9-10-11-12-13-14-15-16-17-18-19-20-21-22-23-25-37(4,5)26-24-33-46(43-7-2,44-8-3)45-32-30-41-35-36(34-39)42-31-29-40-28-27-38/h36,38-39H,6-35H2,1-5H3/q+1. The highest BCUT2D eigenvalue weighted by Crippen LogP contribution is 2.20. The number of ether oxygens (including phenoxy) is 3. The number of aliphatic hydroxyl groups is 2. The Kier molecular flexibility index (Phi) is 33.3. The SMILES string of the molecule is CCCCCCCCCCCCCCCCCC[N+](C)(C)CCC[Si](OCC)(OCC)OCCOCC(CO)OCCOCCO. The molecule has 1 unspecified atom stereocenters. The molecule has 0 rings (SSSR count). The second-order valence-electron chi connectivity index (χ2n) is 13.3.